The van der Waals surface area contributed by atoms with Crippen molar-refractivity contribution in [3.63, 3.8) is 0 Å². The number of benzene rings is 1. The largest absolute Gasteiger partial charge is 0.480 e. The maximum absolute atomic E-state index is 14.1. The Labute approximate surface area is 287 Å². The van der Waals surface area contributed by atoms with Crippen molar-refractivity contribution in [2.24, 2.45) is 11.3 Å². The third-order valence-corrected chi connectivity index (χ3v) is 8.62. The fraction of sp³-hybridized carbons (Fsp3) is 0.571. The average Bonchev–Trinajstić information content (AvgIpc) is 3.33. The van der Waals surface area contributed by atoms with Crippen molar-refractivity contribution < 1.29 is 43.5 Å². The van der Waals surface area contributed by atoms with Crippen molar-refractivity contribution in [2.75, 3.05) is 14.1 Å². The molecule has 2 rings (SSSR count). The molecule has 0 unspecified atom stereocenters. The number of aliphatic carboxylic acids is 1. The lowest BCUT2D eigenvalue weighted by atomic mass is 9.76. The number of rotatable bonds is 15. The molecule has 1 heterocycles. The van der Waals surface area contributed by atoms with Gasteiger partial charge < -0.3 is 30.8 Å². The van der Waals surface area contributed by atoms with E-state index in [-0.39, 0.29) is 30.2 Å². The number of carboxylic acid groups (broad SMARTS) is 1. The quantitative estimate of drug-likeness (QED) is 0.157. The minimum Gasteiger partial charge on any atom is -0.480 e. The second-order valence-electron chi connectivity index (χ2n) is 14.3. The van der Waals surface area contributed by atoms with Gasteiger partial charge in [0.25, 0.3) is 11.8 Å². The molecule has 1 fully saturated rings. The first kappa shape index (κ1) is 40.6. The van der Waals surface area contributed by atoms with Crippen LogP contribution in [0.2, 0.25) is 0 Å². The Balaban J connectivity index is 2.25. The van der Waals surface area contributed by atoms with E-state index in [0.717, 1.165) is 5.56 Å². The van der Waals surface area contributed by atoms with E-state index in [4.69, 9.17) is 4.84 Å². The van der Waals surface area contributed by atoms with Crippen molar-refractivity contribution >= 4 is 41.5 Å². The van der Waals surface area contributed by atoms with Crippen molar-refractivity contribution in [3.05, 3.63) is 47.5 Å². The smallest absolute Gasteiger partial charge is 0.335 e. The van der Waals surface area contributed by atoms with Gasteiger partial charge in [-0.1, -0.05) is 84.9 Å². The predicted molar refractivity (Wildman–Crippen MR) is 180 cm³/mol. The van der Waals surface area contributed by atoms with Crippen LogP contribution in [-0.4, -0.2) is 94.8 Å². The average molecular weight is 686 g/mol. The second kappa shape index (κ2) is 16.7. The second-order valence-corrected chi connectivity index (χ2v) is 14.3. The fourth-order valence-electron chi connectivity index (χ4n) is 5.60. The Morgan fingerprint density at radius 1 is 0.959 bits per heavy atom. The Bertz CT molecular complexity index is 1430. The SMILES string of the molecule is CN[C@H](C(=O)N[C@H](C(=O)N(C)[C@H](/C=C(\C)C(=O)N[C@H](CC(=O)ON1C(=O)CCC1=O)C(=O)O)C(C)C)C(C)(C)C)C(C)(C)c1ccccc1. The lowest BCUT2D eigenvalue weighted by molar-refractivity contribution is -0.198. The zero-order valence-electron chi connectivity index (χ0n) is 30.1. The van der Waals surface area contributed by atoms with Gasteiger partial charge in [0.1, 0.15) is 12.1 Å². The molecule has 0 spiro atoms. The third kappa shape index (κ3) is 10.4. The summed E-state index contributed by atoms with van der Waals surface area (Å²) in [6.07, 6.45) is 0.413. The van der Waals surface area contributed by atoms with Crippen LogP contribution in [0, 0.1) is 11.3 Å². The summed E-state index contributed by atoms with van der Waals surface area (Å²) in [7, 11) is 3.26. The van der Waals surface area contributed by atoms with Gasteiger partial charge in [-0.15, -0.1) is 5.06 Å². The molecule has 270 valence electrons. The minimum atomic E-state index is -1.73. The standard InChI is InChI=1S/C35H51N5O9/c1-20(2)24(18-21(3)30(44)37-23(33(47)48)19-27(43)49-40-25(41)16-17-26(40)42)39(10)32(46)29(34(4,5)6)38-31(45)28(36-9)35(7,8)22-14-12-11-13-15-22/h11-15,18,20,23-24,28-29,36H,16-17,19H2,1-10H3,(H,37,44)(H,38,45)(H,47,48)/b21-18+/t23-,24-,28-,29-/m1/s1. The van der Waals surface area contributed by atoms with Crippen LogP contribution < -0.4 is 16.0 Å². The van der Waals surface area contributed by atoms with E-state index in [1.807, 2.05) is 78.8 Å². The van der Waals surface area contributed by atoms with Crippen molar-refractivity contribution in [3.8, 4) is 0 Å². The van der Waals surface area contributed by atoms with Crippen LogP contribution in [0.1, 0.15) is 80.2 Å². The van der Waals surface area contributed by atoms with Gasteiger partial charge in [0, 0.05) is 30.9 Å². The van der Waals surface area contributed by atoms with E-state index in [2.05, 4.69) is 16.0 Å². The number of nitrogens with zero attached hydrogens (tertiary/aromatic N) is 2. The van der Waals surface area contributed by atoms with Gasteiger partial charge in [-0.2, -0.15) is 0 Å². The number of carbonyl (C=O) groups excluding carboxylic acids is 6. The summed E-state index contributed by atoms with van der Waals surface area (Å²) in [6.45, 7) is 14.5. The van der Waals surface area contributed by atoms with Crippen LogP contribution in [0.5, 0.6) is 0 Å². The molecular weight excluding hydrogens is 634 g/mol. The van der Waals surface area contributed by atoms with Gasteiger partial charge in [-0.25, -0.2) is 9.59 Å². The number of carboxylic acids is 1. The molecule has 1 aromatic rings. The van der Waals surface area contributed by atoms with E-state index in [1.54, 1.807) is 14.1 Å². The highest BCUT2D eigenvalue weighted by atomic mass is 16.7. The first-order chi connectivity index (χ1) is 22.6. The number of amides is 5. The molecule has 1 saturated heterocycles. The summed E-state index contributed by atoms with van der Waals surface area (Å²) in [5.41, 5.74) is -0.322. The van der Waals surface area contributed by atoms with E-state index in [9.17, 15) is 38.7 Å². The highest BCUT2D eigenvalue weighted by molar-refractivity contribution is 6.02. The summed E-state index contributed by atoms with van der Waals surface area (Å²) in [4.78, 5) is 94.9. The van der Waals surface area contributed by atoms with Crippen LogP contribution in [0.25, 0.3) is 0 Å². The zero-order chi connectivity index (χ0) is 37.4. The number of carbonyl (C=O) groups is 7. The lowest BCUT2D eigenvalue weighted by Gasteiger charge is -2.40. The molecule has 5 amide bonds. The number of hydroxylamine groups is 2. The van der Waals surface area contributed by atoms with Crippen LogP contribution in [0.15, 0.2) is 42.0 Å². The van der Waals surface area contributed by atoms with Gasteiger partial charge in [-0.3, -0.25) is 24.0 Å². The van der Waals surface area contributed by atoms with Gasteiger partial charge in [-0.05, 0) is 30.9 Å². The molecule has 0 saturated carbocycles. The maximum Gasteiger partial charge on any atom is 0.335 e. The molecule has 49 heavy (non-hydrogen) atoms. The molecule has 14 nitrogen and oxygen atoms in total. The summed E-state index contributed by atoms with van der Waals surface area (Å²) in [5, 5.41) is 18.3. The highest BCUT2D eigenvalue weighted by Gasteiger charge is 2.42. The van der Waals surface area contributed by atoms with Crippen LogP contribution >= 0.6 is 0 Å². The third-order valence-electron chi connectivity index (χ3n) is 8.62. The highest BCUT2D eigenvalue weighted by Crippen LogP contribution is 2.29. The number of likely N-dealkylation sites (N-methyl/N-ethyl adjacent to an activating group) is 2. The minimum absolute atomic E-state index is 0.0686. The first-order valence-electron chi connectivity index (χ1n) is 16.2. The van der Waals surface area contributed by atoms with Gasteiger partial charge in [0.2, 0.25) is 17.7 Å². The molecule has 0 aliphatic carbocycles. The fourth-order valence-corrected chi connectivity index (χ4v) is 5.60. The van der Waals surface area contributed by atoms with E-state index in [1.165, 1.54) is 17.9 Å². The molecular formula is C35H51N5O9. The Kier molecular flexibility index (Phi) is 13.8. The van der Waals surface area contributed by atoms with Crippen molar-refractivity contribution in [1.82, 2.24) is 25.9 Å². The molecule has 0 aromatic heterocycles. The number of nitrogens with one attached hydrogen (secondary N) is 3. The molecule has 0 radical (unpaired) electrons. The molecule has 0 bridgehead atoms. The van der Waals surface area contributed by atoms with Crippen molar-refractivity contribution in [2.45, 2.75) is 104 Å². The number of imide groups is 1. The molecule has 1 aliphatic rings. The zero-order valence-corrected chi connectivity index (χ0v) is 30.1. The van der Waals surface area contributed by atoms with E-state index >= 15 is 0 Å². The molecule has 1 aliphatic heterocycles. The maximum atomic E-state index is 14.1. The summed E-state index contributed by atoms with van der Waals surface area (Å²) >= 11 is 0. The topological polar surface area (TPSA) is 192 Å². The molecule has 1 aromatic carbocycles. The van der Waals surface area contributed by atoms with Crippen LogP contribution in [0.4, 0.5) is 0 Å². The molecule has 4 N–H and O–H groups in total. The molecule has 4 atom stereocenters. The monoisotopic (exact) mass is 685 g/mol. The normalized spacial score (nSPS) is 16.5. The summed E-state index contributed by atoms with van der Waals surface area (Å²) in [6, 6.07) is 5.57. The van der Waals surface area contributed by atoms with Gasteiger partial charge in [0.15, 0.2) is 0 Å². The number of hydrogen-bond acceptors (Lipinski definition) is 9. The summed E-state index contributed by atoms with van der Waals surface area (Å²) in [5.74, 6) is -5.96. The van der Waals surface area contributed by atoms with Gasteiger partial charge >= 0.3 is 11.9 Å². The number of hydrogen-bond donors (Lipinski definition) is 4. The first-order valence-corrected chi connectivity index (χ1v) is 16.2. The summed E-state index contributed by atoms with van der Waals surface area (Å²) < 4.78 is 0. The van der Waals surface area contributed by atoms with Gasteiger partial charge in [0.05, 0.1) is 18.5 Å². The Hall–Kier alpha value is -4.59. The van der Waals surface area contributed by atoms with Crippen LogP contribution in [-0.2, 0) is 43.8 Å². The Morgan fingerprint density at radius 3 is 1.98 bits per heavy atom. The van der Waals surface area contributed by atoms with Crippen LogP contribution in [0.3, 0.4) is 0 Å². The van der Waals surface area contributed by atoms with E-state index in [0.29, 0.717) is 5.06 Å². The predicted octanol–water partition coefficient (Wildman–Crippen LogP) is 2.08. The lowest BCUT2D eigenvalue weighted by Crippen LogP contribution is -2.61. The van der Waals surface area contributed by atoms with E-state index < -0.39 is 77.0 Å². The Morgan fingerprint density at radius 2 is 1.51 bits per heavy atom. The van der Waals surface area contributed by atoms with Crippen molar-refractivity contribution in [1.29, 1.82) is 0 Å². The molecule has 14 heteroatoms.